The number of amides is 2. The number of likely N-dealkylation sites (tertiary alicyclic amines) is 1. The molecule has 0 saturated carbocycles. The van der Waals surface area contributed by atoms with Crippen LogP contribution in [0.5, 0.6) is 0 Å². The fourth-order valence-corrected chi connectivity index (χ4v) is 7.68. The van der Waals surface area contributed by atoms with Crippen LogP contribution in [-0.4, -0.2) is 70.7 Å². The van der Waals surface area contributed by atoms with E-state index in [9.17, 15) is 9.59 Å². The number of aromatic nitrogens is 1. The first kappa shape index (κ1) is 28.8. The van der Waals surface area contributed by atoms with E-state index >= 15 is 0 Å². The second-order valence-electron chi connectivity index (χ2n) is 10.9. The third-order valence-electron chi connectivity index (χ3n) is 8.12. The topological polar surface area (TPSA) is 77.7 Å². The molecule has 3 aromatic carbocycles. The molecule has 1 unspecified atom stereocenters. The molecule has 2 aliphatic heterocycles. The highest BCUT2D eigenvalue weighted by Crippen LogP contribution is 2.54. The number of thioether (sulfide) groups is 1. The van der Waals surface area contributed by atoms with Crippen molar-refractivity contribution < 1.29 is 14.3 Å². The number of H-pyrrole nitrogens is 1. The molecular formula is C33H35ClN4O3S. The van der Waals surface area contributed by atoms with Gasteiger partial charge in [0.25, 0.3) is 0 Å². The van der Waals surface area contributed by atoms with Gasteiger partial charge in [-0.3, -0.25) is 14.5 Å². The van der Waals surface area contributed by atoms with E-state index < -0.39 is 10.8 Å². The molecule has 4 aromatic rings. The van der Waals surface area contributed by atoms with Gasteiger partial charge in [0.15, 0.2) is 0 Å². The second-order valence-corrected chi connectivity index (χ2v) is 12.7. The highest BCUT2D eigenvalue weighted by molar-refractivity contribution is 8.01. The van der Waals surface area contributed by atoms with Gasteiger partial charge in [-0.2, -0.15) is 0 Å². The fraction of sp³-hybridized carbons (Fsp3) is 0.333. The largest absolute Gasteiger partial charge is 0.379 e. The molecule has 0 radical (unpaired) electrons. The molecule has 6 rings (SSSR count). The van der Waals surface area contributed by atoms with Crippen molar-refractivity contribution in [3.05, 3.63) is 101 Å². The van der Waals surface area contributed by atoms with Crippen LogP contribution in [0, 0.1) is 0 Å². The van der Waals surface area contributed by atoms with E-state index in [4.69, 9.17) is 16.3 Å². The molecule has 2 saturated heterocycles. The van der Waals surface area contributed by atoms with Crippen molar-refractivity contribution in [1.82, 2.24) is 20.1 Å². The van der Waals surface area contributed by atoms with Gasteiger partial charge in [0, 0.05) is 58.8 Å². The molecule has 2 N–H and O–H groups in total. The van der Waals surface area contributed by atoms with Crippen molar-refractivity contribution in [1.29, 1.82) is 0 Å². The van der Waals surface area contributed by atoms with E-state index in [0.717, 1.165) is 66.2 Å². The highest BCUT2D eigenvalue weighted by atomic mass is 35.5. The number of halogens is 1. The van der Waals surface area contributed by atoms with E-state index in [1.165, 1.54) is 11.8 Å². The molecule has 42 heavy (non-hydrogen) atoms. The maximum absolute atomic E-state index is 14.5. The Morgan fingerprint density at radius 1 is 1.05 bits per heavy atom. The minimum absolute atomic E-state index is 0.0425. The summed E-state index contributed by atoms with van der Waals surface area (Å²) in [5.41, 5.74) is 2.81. The first-order chi connectivity index (χ1) is 20.5. The molecule has 0 bridgehead atoms. The quantitative estimate of drug-likeness (QED) is 0.229. The maximum Gasteiger partial charge on any atom is 0.239 e. The number of hydrogen-bond acceptors (Lipinski definition) is 5. The minimum Gasteiger partial charge on any atom is -0.379 e. The number of benzene rings is 3. The number of nitrogens with one attached hydrogen (secondary N) is 2. The molecular weight excluding hydrogens is 568 g/mol. The van der Waals surface area contributed by atoms with Crippen molar-refractivity contribution in [3.63, 3.8) is 0 Å². The predicted octanol–water partition coefficient (Wildman–Crippen LogP) is 5.66. The van der Waals surface area contributed by atoms with Gasteiger partial charge in [-0.25, -0.2) is 0 Å². The van der Waals surface area contributed by atoms with Gasteiger partial charge in [0.1, 0.15) is 4.75 Å². The number of nitrogens with zero attached hydrogens (tertiary/aromatic N) is 2. The molecule has 7 nitrogen and oxygen atoms in total. The first-order valence-corrected chi connectivity index (χ1v) is 15.7. The number of hydrogen-bond donors (Lipinski definition) is 2. The lowest BCUT2D eigenvalue weighted by Gasteiger charge is -2.36. The summed E-state index contributed by atoms with van der Waals surface area (Å²) < 4.78 is 4.39. The average molecular weight is 603 g/mol. The Labute approximate surface area is 255 Å². The van der Waals surface area contributed by atoms with Crippen LogP contribution in [0.4, 0.5) is 0 Å². The van der Waals surface area contributed by atoms with Gasteiger partial charge in [0.2, 0.25) is 11.8 Å². The lowest BCUT2D eigenvalue weighted by molar-refractivity contribution is -0.129. The lowest BCUT2D eigenvalue weighted by Crippen LogP contribution is -2.48. The van der Waals surface area contributed by atoms with Crippen LogP contribution in [0.3, 0.4) is 0 Å². The van der Waals surface area contributed by atoms with Gasteiger partial charge in [-0.1, -0.05) is 66.2 Å². The zero-order chi connectivity index (χ0) is 28.9. The van der Waals surface area contributed by atoms with Crippen LogP contribution >= 0.6 is 23.4 Å². The number of morpholine rings is 1. The number of fused-ring (bicyclic) bond motifs is 1. The molecule has 0 spiro atoms. The molecule has 3 heterocycles. The van der Waals surface area contributed by atoms with Gasteiger partial charge in [-0.15, -0.1) is 11.8 Å². The van der Waals surface area contributed by atoms with Crippen molar-refractivity contribution in [2.45, 2.75) is 35.1 Å². The van der Waals surface area contributed by atoms with Gasteiger partial charge in [-0.05, 0) is 42.8 Å². The van der Waals surface area contributed by atoms with Gasteiger partial charge >= 0.3 is 0 Å². The monoisotopic (exact) mass is 602 g/mol. The van der Waals surface area contributed by atoms with Crippen molar-refractivity contribution in [2.75, 3.05) is 39.4 Å². The number of rotatable bonds is 10. The Kier molecular flexibility index (Phi) is 8.86. The zero-order valence-corrected chi connectivity index (χ0v) is 25.0. The Balaban J connectivity index is 1.37. The number of carbonyl (C=O) groups is 2. The Morgan fingerprint density at radius 3 is 2.55 bits per heavy atom. The van der Waals surface area contributed by atoms with Crippen molar-refractivity contribution >= 4 is 46.1 Å². The van der Waals surface area contributed by atoms with Gasteiger partial charge in [0.05, 0.1) is 25.7 Å². The molecule has 2 fully saturated rings. The van der Waals surface area contributed by atoms with Crippen LogP contribution in [0.2, 0.25) is 5.02 Å². The zero-order valence-electron chi connectivity index (χ0n) is 23.4. The number of carbonyl (C=O) groups excluding carboxylic acids is 2. The highest BCUT2D eigenvalue weighted by Gasteiger charge is 2.58. The maximum atomic E-state index is 14.5. The minimum atomic E-state index is -1.08. The summed E-state index contributed by atoms with van der Waals surface area (Å²) >= 11 is 7.81. The molecule has 2 amide bonds. The van der Waals surface area contributed by atoms with Gasteiger partial charge < -0.3 is 19.9 Å². The third-order valence-corrected chi connectivity index (χ3v) is 9.78. The van der Waals surface area contributed by atoms with E-state index in [0.29, 0.717) is 18.1 Å². The Morgan fingerprint density at radius 2 is 1.79 bits per heavy atom. The molecule has 2 aliphatic rings. The van der Waals surface area contributed by atoms with Crippen LogP contribution in [0.1, 0.15) is 30.0 Å². The van der Waals surface area contributed by atoms with E-state index in [1.807, 2.05) is 90.0 Å². The van der Waals surface area contributed by atoms with Crippen LogP contribution in [-0.2, 0) is 20.9 Å². The standard InChI is InChI=1S/C33H35ClN4O3S/c34-25-12-13-27-28(22-36-29(27)20-25)31-33(42-26-10-5-2-6-11-26,21-30(39)38(31)23-24-8-3-1-4-9-24)32(40)35-14-7-15-37-16-18-41-19-17-37/h1-6,8-13,20,22,31,36H,7,14-19,21,23H2,(H,35,40)/t31-,33?/m0/s1. The summed E-state index contributed by atoms with van der Waals surface area (Å²) in [6, 6.07) is 25.1. The fourth-order valence-electron chi connectivity index (χ4n) is 6.06. The summed E-state index contributed by atoms with van der Waals surface area (Å²) in [7, 11) is 0. The lowest BCUT2D eigenvalue weighted by atomic mass is 9.91. The molecule has 2 atom stereocenters. The van der Waals surface area contributed by atoms with Crippen LogP contribution < -0.4 is 5.32 Å². The summed E-state index contributed by atoms with van der Waals surface area (Å²) in [6.45, 7) is 5.17. The Hall–Kier alpha value is -3.30. The first-order valence-electron chi connectivity index (χ1n) is 14.5. The van der Waals surface area contributed by atoms with Crippen molar-refractivity contribution in [3.8, 4) is 0 Å². The predicted molar refractivity (Wildman–Crippen MR) is 168 cm³/mol. The van der Waals surface area contributed by atoms with E-state index in [-0.39, 0.29) is 18.2 Å². The van der Waals surface area contributed by atoms with Crippen LogP contribution in [0.25, 0.3) is 10.9 Å². The van der Waals surface area contributed by atoms with Crippen molar-refractivity contribution in [2.24, 2.45) is 0 Å². The molecule has 0 aliphatic carbocycles. The Bertz CT molecular complexity index is 1530. The molecule has 1 aromatic heterocycles. The molecule has 9 heteroatoms. The van der Waals surface area contributed by atoms with E-state index in [1.54, 1.807) is 0 Å². The smallest absolute Gasteiger partial charge is 0.239 e. The second kappa shape index (κ2) is 12.9. The summed E-state index contributed by atoms with van der Waals surface area (Å²) in [5, 5.41) is 4.83. The third kappa shape index (κ3) is 6.08. The summed E-state index contributed by atoms with van der Waals surface area (Å²) in [5.74, 6) is -0.158. The number of aromatic amines is 1. The normalized spacial score (nSPS) is 21.2. The average Bonchev–Trinajstić information content (AvgIpc) is 3.54. The van der Waals surface area contributed by atoms with E-state index in [2.05, 4.69) is 15.2 Å². The summed E-state index contributed by atoms with van der Waals surface area (Å²) in [4.78, 5) is 37.0. The molecule has 218 valence electrons. The number of ether oxygens (including phenoxy) is 1. The summed E-state index contributed by atoms with van der Waals surface area (Å²) in [6.07, 6.45) is 2.86. The van der Waals surface area contributed by atoms with Crippen LogP contribution in [0.15, 0.2) is 90.0 Å². The SMILES string of the molecule is O=C1CC(Sc2ccccc2)(C(=O)NCCCN2CCOCC2)[C@H](c2c[nH]c3cc(Cl)ccc23)N1Cc1ccccc1.